The Labute approximate surface area is 147 Å². The van der Waals surface area contributed by atoms with Crippen LogP contribution in [0.1, 0.15) is 0 Å². The van der Waals surface area contributed by atoms with Crippen molar-refractivity contribution in [3.63, 3.8) is 0 Å². The quantitative estimate of drug-likeness (QED) is 0.712. The zero-order valence-electron chi connectivity index (χ0n) is 13.8. The van der Waals surface area contributed by atoms with Gasteiger partial charge in [-0.1, -0.05) is 24.3 Å². The number of benzene rings is 2. The molecule has 2 rings (SSSR count). The summed E-state index contributed by atoms with van der Waals surface area (Å²) in [5.41, 5.74) is 0.653. The maximum atomic E-state index is 13.0. The summed E-state index contributed by atoms with van der Waals surface area (Å²) < 4.78 is 38.9. The fourth-order valence-electron chi connectivity index (χ4n) is 2.24. The molecule has 5 nitrogen and oxygen atoms in total. The van der Waals surface area contributed by atoms with Gasteiger partial charge in [-0.2, -0.15) is 4.31 Å². The standard InChI is InChI=1S/C18H19FN2O3S/c1-3-13-21(16-7-5-4-6-8-16)18(22)14-20(2)25(23,24)17-11-9-15(19)10-12-17/h3-12H,1,13-14H2,2H3. The van der Waals surface area contributed by atoms with Crippen LogP contribution in [0.2, 0.25) is 0 Å². The van der Waals surface area contributed by atoms with Crippen LogP contribution in [0.25, 0.3) is 0 Å². The molecule has 0 unspecified atom stereocenters. The Bertz CT molecular complexity index is 836. The summed E-state index contributed by atoms with van der Waals surface area (Å²) in [6, 6.07) is 13.4. The van der Waals surface area contributed by atoms with Crippen molar-refractivity contribution in [2.24, 2.45) is 0 Å². The van der Waals surface area contributed by atoms with Crippen LogP contribution in [-0.4, -0.2) is 38.8 Å². The molecule has 0 aromatic heterocycles. The molecule has 7 heteroatoms. The van der Waals surface area contributed by atoms with Gasteiger partial charge in [-0.3, -0.25) is 4.79 Å². The van der Waals surface area contributed by atoms with E-state index in [1.54, 1.807) is 30.3 Å². The van der Waals surface area contributed by atoms with Crippen molar-refractivity contribution in [2.75, 3.05) is 25.0 Å². The molecule has 0 atom stereocenters. The fraction of sp³-hybridized carbons (Fsp3) is 0.167. The van der Waals surface area contributed by atoms with Gasteiger partial charge in [-0.15, -0.1) is 6.58 Å². The van der Waals surface area contributed by atoms with Gasteiger partial charge < -0.3 is 4.90 Å². The fourth-order valence-corrected chi connectivity index (χ4v) is 3.36. The van der Waals surface area contributed by atoms with Gasteiger partial charge in [-0.25, -0.2) is 12.8 Å². The molecule has 132 valence electrons. The summed E-state index contributed by atoms with van der Waals surface area (Å²) in [6.45, 7) is 3.54. The van der Waals surface area contributed by atoms with Gasteiger partial charge >= 0.3 is 0 Å². The lowest BCUT2D eigenvalue weighted by Crippen LogP contribution is -2.41. The number of hydrogen-bond donors (Lipinski definition) is 0. The first kappa shape index (κ1) is 18.8. The van der Waals surface area contributed by atoms with Crippen molar-refractivity contribution in [3.05, 3.63) is 73.1 Å². The predicted molar refractivity (Wildman–Crippen MR) is 95.2 cm³/mol. The molecule has 0 fully saturated rings. The summed E-state index contributed by atoms with van der Waals surface area (Å²) in [7, 11) is -2.57. The topological polar surface area (TPSA) is 57.7 Å². The second-order valence-corrected chi connectivity index (χ2v) is 7.39. The molecule has 0 aliphatic carbocycles. The van der Waals surface area contributed by atoms with Crippen LogP contribution >= 0.6 is 0 Å². The average Bonchev–Trinajstić information content (AvgIpc) is 2.60. The van der Waals surface area contributed by atoms with Crippen LogP contribution in [0, 0.1) is 5.82 Å². The van der Waals surface area contributed by atoms with Gasteiger partial charge in [0.1, 0.15) is 5.82 Å². The number of hydrogen-bond acceptors (Lipinski definition) is 3. The second kappa shape index (κ2) is 8.04. The summed E-state index contributed by atoms with van der Waals surface area (Å²) >= 11 is 0. The maximum Gasteiger partial charge on any atom is 0.243 e. The van der Waals surface area contributed by atoms with Gasteiger partial charge in [0.2, 0.25) is 15.9 Å². The van der Waals surface area contributed by atoms with Crippen LogP contribution in [0.3, 0.4) is 0 Å². The Morgan fingerprint density at radius 3 is 2.28 bits per heavy atom. The molecule has 0 N–H and O–H groups in total. The molecule has 0 bridgehead atoms. The smallest absolute Gasteiger partial charge is 0.243 e. The number of carbonyl (C=O) groups is 1. The normalized spacial score (nSPS) is 11.3. The number of carbonyl (C=O) groups excluding carboxylic acids is 1. The summed E-state index contributed by atoms with van der Waals surface area (Å²) in [6.07, 6.45) is 1.57. The molecule has 0 aliphatic heterocycles. The summed E-state index contributed by atoms with van der Waals surface area (Å²) in [5, 5.41) is 0. The second-order valence-electron chi connectivity index (χ2n) is 5.34. The molecule has 0 spiro atoms. The van der Waals surface area contributed by atoms with Gasteiger partial charge in [0.15, 0.2) is 0 Å². The molecular formula is C18H19FN2O3S. The Hall–Kier alpha value is -2.51. The number of para-hydroxylation sites is 1. The van der Waals surface area contributed by atoms with Crippen molar-refractivity contribution in [3.8, 4) is 0 Å². The highest BCUT2D eigenvalue weighted by Gasteiger charge is 2.25. The van der Waals surface area contributed by atoms with E-state index in [1.807, 2.05) is 6.07 Å². The molecular weight excluding hydrogens is 343 g/mol. The number of likely N-dealkylation sites (N-methyl/N-ethyl adjacent to an activating group) is 1. The average molecular weight is 362 g/mol. The van der Waals surface area contributed by atoms with E-state index in [1.165, 1.54) is 24.1 Å². The minimum absolute atomic E-state index is 0.0702. The lowest BCUT2D eigenvalue weighted by atomic mass is 10.2. The van der Waals surface area contributed by atoms with E-state index in [2.05, 4.69) is 6.58 Å². The predicted octanol–water partition coefficient (Wildman–Crippen LogP) is 2.67. The number of sulfonamides is 1. The minimum Gasteiger partial charge on any atom is -0.307 e. The Balaban J connectivity index is 2.19. The highest BCUT2D eigenvalue weighted by Crippen LogP contribution is 2.17. The molecule has 0 radical (unpaired) electrons. The third-order valence-corrected chi connectivity index (χ3v) is 5.38. The first-order valence-electron chi connectivity index (χ1n) is 7.54. The van der Waals surface area contributed by atoms with Crippen LogP contribution in [0.15, 0.2) is 72.1 Å². The third-order valence-electron chi connectivity index (χ3n) is 3.56. The molecule has 0 saturated carbocycles. The van der Waals surface area contributed by atoms with Gasteiger partial charge in [0.25, 0.3) is 0 Å². The SMILES string of the molecule is C=CCN(C(=O)CN(C)S(=O)(=O)c1ccc(F)cc1)c1ccccc1. The lowest BCUT2D eigenvalue weighted by molar-refractivity contribution is -0.118. The van der Waals surface area contributed by atoms with Crippen LogP contribution in [-0.2, 0) is 14.8 Å². The van der Waals surface area contributed by atoms with E-state index >= 15 is 0 Å². The van der Waals surface area contributed by atoms with Crippen LogP contribution in [0.4, 0.5) is 10.1 Å². The van der Waals surface area contributed by atoms with E-state index in [0.29, 0.717) is 5.69 Å². The number of amides is 1. The minimum atomic E-state index is -3.89. The summed E-state index contributed by atoms with van der Waals surface area (Å²) in [5.74, 6) is -0.918. The lowest BCUT2D eigenvalue weighted by Gasteiger charge is -2.24. The van der Waals surface area contributed by atoms with Crippen molar-refractivity contribution in [2.45, 2.75) is 4.90 Å². The van der Waals surface area contributed by atoms with Gasteiger partial charge in [0.05, 0.1) is 11.4 Å². The molecule has 0 heterocycles. The molecule has 2 aromatic rings. The molecule has 1 amide bonds. The zero-order valence-corrected chi connectivity index (χ0v) is 14.6. The third kappa shape index (κ3) is 4.52. The van der Waals surface area contributed by atoms with Gasteiger partial charge in [0, 0.05) is 19.3 Å². The first-order chi connectivity index (χ1) is 11.9. The van der Waals surface area contributed by atoms with E-state index in [-0.39, 0.29) is 23.9 Å². The van der Waals surface area contributed by atoms with Crippen LogP contribution < -0.4 is 4.90 Å². The zero-order chi connectivity index (χ0) is 18.4. The number of halogens is 1. The monoisotopic (exact) mass is 362 g/mol. The molecule has 2 aromatic carbocycles. The first-order valence-corrected chi connectivity index (χ1v) is 8.98. The molecule has 0 aliphatic rings. The highest BCUT2D eigenvalue weighted by molar-refractivity contribution is 7.89. The van der Waals surface area contributed by atoms with Crippen molar-refractivity contribution in [1.82, 2.24) is 4.31 Å². The Kier molecular flexibility index (Phi) is 6.06. The number of rotatable bonds is 7. The number of anilines is 1. The Morgan fingerprint density at radius 2 is 1.72 bits per heavy atom. The van der Waals surface area contributed by atoms with E-state index in [4.69, 9.17) is 0 Å². The molecule has 25 heavy (non-hydrogen) atoms. The number of nitrogens with zero attached hydrogens (tertiary/aromatic N) is 2. The van der Waals surface area contributed by atoms with Gasteiger partial charge in [-0.05, 0) is 36.4 Å². The van der Waals surface area contributed by atoms with Crippen molar-refractivity contribution < 1.29 is 17.6 Å². The summed E-state index contributed by atoms with van der Waals surface area (Å²) in [4.78, 5) is 14.0. The largest absolute Gasteiger partial charge is 0.307 e. The van der Waals surface area contributed by atoms with Crippen molar-refractivity contribution >= 4 is 21.6 Å². The highest BCUT2D eigenvalue weighted by atomic mass is 32.2. The van der Waals surface area contributed by atoms with E-state index in [9.17, 15) is 17.6 Å². The van der Waals surface area contributed by atoms with Crippen LogP contribution in [0.5, 0.6) is 0 Å². The van der Waals surface area contributed by atoms with E-state index in [0.717, 1.165) is 16.4 Å². The Morgan fingerprint density at radius 1 is 1.12 bits per heavy atom. The maximum absolute atomic E-state index is 13.0. The molecule has 0 saturated heterocycles. The van der Waals surface area contributed by atoms with Crippen molar-refractivity contribution in [1.29, 1.82) is 0 Å². The van der Waals surface area contributed by atoms with E-state index < -0.39 is 15.8 Å².